The van der Waals surface area contributed by atoms with Gasteiger partial charge in [0.25, 0.3) is 5.91 Å². The third kappa shape index (κ3) is 2.52. The van der Waals surface area contributed by atoms with Gasteiger partial charge in [-0.25, -0.2) is 0 Å². The first kappa shape index (κ1) is 13.4. The largest absolute Gasteiger partial charge is 0.369 e. The van der Waals surface area contributed by atoms with Crippen molar-refractivity contribution in [1.29, 1.82) is 0 Å². The second-order valence-corrected chi connectivity index (χ2v) is 5.60. The summed E-state index contributed by atoms with van der Waals surface area (Å²) in [6.07, 6.45) is 2.43. The number of nitrogens with zero attached hydrogens (tertiary/aromatic N) is 1. The highest BCUT2D eigenvalue weighted by Crippen LogP contribution is 2.37. The molecular weight excluding hydrogens is 294 g/mol. The van der Waals surface area contributed by atoms with Crippen LogP contribution in [0, 0.1) is 5.92 Å². The summed E-state index contributed by atoms with van der Waals surface area (Å²) < 4.78 is 0.728. The normalized spacial score (nSPS) is 16.4. The molecule has 1 aliphatic rings. The van der Waals surface area contributed by atoms with Crippen molar-refractivity contribution in [3.8, 4) is 0 Å². The molecule has 4 N–H and O–H groups in total. The van der Waals surface area contributed by atoms with Gasteiger partial charge >= 0.3 is 0 Å². The van der Waals surface area contributed by atoms with Crippen molar-refractivity contribution in [1.82, 2.24) is 0 Å². The highest BCUT2D eigenvalue weighted by atomic mass is 79.9. The van der Waals surface area contributed by atoms with Gasteiger partial charge in [0.1, 0.15) is 0 Å². The molecule has 18 heavy (non-hydrogen) atoms. The second-order valence-electron chi connectivity index (χ2n) is 4.75. The summed E-state index contributed by atoms with van der Waals surface area (Å²) in [4.78, 5) is 13.7. The molecule has 0 aliphatic heterocycles. The summed E-state index contributed by atoms with van der Waals surface area (Å²) in [5.41, 5.74) is 12.7. The van der Waals surface area contributed by atoms with Crippen LogP contribution >= 0.6 is 15.9 Å². The first-order valence-corrected chi connectivity index (χ1v) is 6.86. The Morgan fingerprint density at radius 1 is 1.56 bits per heavy atom. The van der Waals surface area contributed by atoms with Gasteiger partial charge in [0.2, 0.25) is 0 Å². The van der Waals surface area contributed by atoms with Crippen LogP contribution in [0.1, 0.15) is 23.2 Å². The lowest BCUT2D eigenvalue weighted by Crippen LogP contribution is -2.40. The van der Waals surface area contributed by atoms with E-state index in [4.69, 9.17) is 11.5 Å². The quantitative estimate of drug-likeness (QED) is 0.869. The van der Waals surface area contributed by atoms with Crippen LogP contribution in [0.4, 0.5) is 5.69 Å². The van der Waals surface area contributed by atoms with Crippen molar-refractivity contribution in [3.63, 3.8) is 0 Å². The average Bonchev–Trinajstić information content (AvgIpc) is 3.13. The third-order valence-electron chi connectivity index (χ3n) is 3.52. The van der Waals surface area contributed by atoms with Crippen LogP contribution in [0.3, 0.4) is 0 Å². The maximum Gasteiger partial charge on any atom is 0.251 e. The molecule has 1 atom stereocenters. The van der Waals surface area contributed by atoms with E-state index >= 15 is 0 Å². The fraction of sp³-hybridized carbons (Fsp3) is 0.462. The number of hydrogen-bond donors (Lipinski definition) is 2. The zero-order valence-electron chi connectivity index (χ0n) is 10.4. The number of halogens is 1. The molecule has 0 aromatic heterocycles. The Bertz CT molecular complexity index is 460. The smallest absolute Gasteiger partial charge is 0.251 e. The van der Waals surface area contributed by atoms with Gasteiger partial charge in [0.15, 0.2) is 0 Å². The minimum absolute atomic E-state index is 0.275. The van der Waals surface area contributed by atoms with Crippen LogP contribution in [-0.2, 0) is 0 Å². The Morgan fingerprint density at radius 3 is 2.72 bits per heavy atom. The third-order valence-corrected chi connectivity index (χ3v) is 4.18. The first-order valence-electron chi connectivity index (χ1n) is 6.07. The minimum Gasteiger partial charge on any atom is -0.369 e. The fourth-order valence-corrected chi connectivity index (χ4v) is 2.93. The van der Waals surface area contributed by atoms with Gasteiger partial charge in [-0.05, 0) is 46.8 Å². The lowest BCUT2D eigenvalue weighted by molar-refractivity contribution is 0.1000. The van der Waals surface area contributed by atoms with Crippen LogP contribution in [0.5, 0.6) is 0 Å². The Hall–Kier alpha value is -1.07. The number of primary amides is 1. The van der Waals surface area contributed by atoms with Gasteiger partial charge < -0.3 is 16.4 Å². The first-order chi connectivity index (χ1) is 8.56. The van der Waals surface area contributed by atoms with E-state index in [1.807, 2.05) is 25.2 Å². The predicted octanol–water partition coefficient (Wildman–Crippen LogP) is 1.72. The van der Waals surface area contributed by atoms with Gasteiger partial charge in [-0.15, -0.1) is 0 Å². The average molecular weight is 312 g/mol. The number of benzene rings is 1. The molecule has 0 spiro atoms. The van der Waals surface area contributed by atoms with Crippen LogP contribution in [-0.4, -0.2) is 25.5 Å². The molecule has 0 saturated heterocycles. The fourth-order valence-electron chi connectivity index (χ4n) is 2.38. The number of likely N-dealkylation sites (N-methyl/N-ethyl adjacent to an activating group) is 1. The van der Waals surface area contributed by atoms with Gasteiger partial charge in [-0.3, -0.25) is 4.79 Å². The lowest BCUT2D eigenvalue weighted by atomic mass is 10.1. The minimum atomic E-state index is -0.420. The summed E-state index contributed by atoms with van der Waals surface area (Å²) in [6.45, 7) is 0.589. The molecule has 0 bridgehead atoms. The molecule has 2 rings (SSSR count). The standard InChI is InChI=1S/C13H18BrN3O/c1-17(11(7-15)8-5-6-8)10-4-2-3-9(14)12(10)13(16)18/h2-4,8,11H,5-7,15H2,1H3,(H2,16,18). The van der Waals surface area contributed by atoms with E-state index in [1.54, 1.807) is 0 Å². The monoisotopic (exact) mass is 311 g/mol. The van der Waals surface area contributed by atoms with E-state index in [9.17, 15) is 4.79 Å². The number of amides is 1. The number of carbonyl (C=O) groups excluding carboxylic acids is 1. The molecule has 0 radical (unpaired) electrons. The molecule has 4 nitrogen and oxygen atoms in total. The molecule has 5 heteroatoms. The van der Waals surface area contributed by atoms with E-state index in [1.165, 1.54) is 12.8 Å². The van der Waals surface area contributed by atoms with Crippen LogP contribution in [0.15, 0.2) is 22.7 Å². The molecule has 1 saturated carbocycles. The number of nitrogens with two attached hydrogens (primary N) is 2. The van der Waals surface area contributed by atoms with E-state index in [2.05, 4.69) is 20.8 Å². The molecular formula is C13H18BrN3O. The molecule has 1 aromatic rings. The zero-order chi connectivity index (χ0) is 13.3. The van der Waals surface area contributed by atoms with E-state index in [0.717, 1.165) is 10.2 Å². The van der Waals surface area contributed by atoms with E-state index < -0.39 is 5.91 Å². The van der Waals surface area contributed by atoms with Gasteiger partial charge in [0, 0.05) is 24.1 Å². The number of rotatable bonds is 5. The Morgan fingerprint density at radius 2 is 2.22 bits per heavy atom. The molecule has 1 aliphatic carbocycles. The van der Waals surface area contributed by atoms with Crippen molar-refractivity contribution in [2.45, 2.75) is 18.9 Å². The van der Waals surface area contributed by atoms with Crippen LogP contribution in [0.2, 0.25) is 0 Å². The predicted molar refractivity (Wildman–Crippen MR) is 76.6 cm³/mol. The van der Waals surface area contributed by atoms with Gasteiger partial charge in [-0.1, -0.05) is 6.07 Å². The van der Waals surface area contributed by atoms with Crippen LogP contribution < -0.4 is 16.4 Å². The molecule has 1 aromatic carbocycles. The maximum absolute atomic E-state index is 11.6. The lowest BCUT2D eigenvalue weighted by Gasteiger charge is -2.30. The van der Waals surface area contributed by atoms with Crippen molar-refractivity contribution in [2.75, 3.05) is 18.5 Å². The Labute approximate surface area is 115 Å². The summed E-state index contributed by atoms with van der Waals surface area (Å²) in [5, 5.41) is 0. The van der Waals surface area contributed by atoms with Crippen molar-refractivity contribution >= 4 is 27.5 Å². The summed E-state index contributed by atoms with van der Waals surface area (Å²) in [5.74, 6) is 0.218. The zero-order valence-corrected chi connectivity index (χ0v) is 12.0. The summed E-state index contributed by atoms with van der Waals surface area (Å²) >= 11 is 3.38. The van der Waals surface area contributed by atoms with Crippen LogP contribution in [0.25, 0.3) is 0 Å². The van der Waals surface area contributed by atoms with Crippen molar-refractivity contribution in [2.24, 2.45) is 17.4 Å². The highest BCUT2D eigenvalue weighted by molar-refractivity contribution is 9.10. The Kier molecular flexibility index (Phi) is 3.92. The van der Waals surface area contributed by atoms with Gasteiger partial charge in [-0.2, -0.15) is 0 Å². The topological polar surface area (TPSA) is 72.3 Å². The van der Waals surface area contributed by atoms with Crippen molar-refractivity contribution < 1.29 is 4.79 Å². The number of anilines is 1. The molecule has 0 heterocycles. The molecule has 1 unspecified atom stereocenters. The number of hydrogen-bond acceptors (Lipinski definition) is 3. The summed E-state index contributed by atoms with van der Waals surface area (Å²) in [7, 11) is 1.98. The molecule has 98 valence electrons. The summed E-state index contributed by atoms with van der Waals surface area (Å²) in [6, 6.07) is 5.92. The maximum atomic E-state index is 11.6. The SMILES string of the molecule is CN(c1cccc(Br)c1C(N)=O)C(CN)C1CC1. The number of carbonyl (C=O) groups is 1. The Balaban J connectivity index is 2.37. The van der Waals surface area contributed by atoms with E-state index in [0.29, 0.717) is 18.0 Å². The van der Waals surface area contributed by atoms with E-state index in [-0.39, 0.29) is 6.04 Å². The molecule has 1 amide bonds. The molecule has 1 fully saturated rings. The second kappa shape index (κ2) is 5.28. The van der Waals surface area contributed by atoms with Gasteiger partial charge in [0.05, 0.1) is 11.3 Å². The highest BCUT2D eigenvalue weighted by Gasteiger charge is 2.34. The van der Waals surface area contributed by atoms with Crippen molar-refractivity contribution in [3.05, 3.63) is 28.2 Å².